The van der Waals surface area contributed by atoms with Crippen LogP contribution in [0.5, 0.6) is 0 Å². The third-order valence-electron chi connectivity index (χ3n) is 3.43. The van der Waals surface area contributed by atoms with Gasteiger partial charge in [0.05, 0.1) is 11.4 Å². The number of carbonyl (C=O) groups excluding carboxylic acids is 1. The first-order valence-corrected chi connectivity index (χ1v) is 8.48. The number of H-pyrrole nitrogens is 1. The number of carbonyl (C=O) groups is 1. The molecule has 9 heteroatoms. The van der Waals surface area contributed by atoms with Crippen LogP contribution in [0.1, 0.15) is 5.56 Å². The highest BCUT2D eigenvalue weighted by atomic mass is 32.2. The fourth-order valence-electron chi connectivity index (χ4n) is 2.09. The van der Waals surface area contributed by atoms with Gasteiger partial charge >= 0.3 is 0 Å². The van der Waals surface area contributed by atoms with E-state index in [1.165, 1.54) is 0 Å². The maximum Gasteiger partial charge on any atom is 0.234 e. The largest absolute Gasteiger partial charge is 0.323 e. The van der Waals surface area contributed by atoms with Crippen LogP contribution in [0.2, 0.25) is 0 Å². The first-order chi connectivity index (χ1) is 12.4. The van der Waals surface area contributed by atoms with Crippen molar-refractivity contribution >= 4 is 23.4 Å². The van der Waals surface area contributed by atoms with E-state index in [1.54, 1.807) is 0 Å². The average molecular weight is 378 g/mol. The summed E-state index contributed by atoms with van der Waals surface area (Å²) in [5.74, 6) is -4.56. The Morgan fingerprint density at radius 2 is 1.85 bits per heavy atom. The Kier molecular flexibility index (Phi) is 5.27. The van der Waals surface area contributed by atoms with E-state index in [2.05, 4.69) is 20.5 Å². The molecule has 2 aromatic carbocycles. The van der Waals surface area contributed by atoms with E-state index in [4.69, 9.17) is 0 Å². The lowest BCUT2D eigenvalue weighted by atomic mass is 10.1. The lowest BCUT2D eigenvalue weighted by molar-refractivity contribution is -0.113. The van der Waals surface area contributed by atoms with Crippen molar-refractivity contribution < 1.29 is 18.0 Å². The van der Waals surface area contributed by atoms with Crippen LogP contribution in [0.15, 0.2) is 41.6 Å². The molecule has 0 saturated carbocycles. The van der Waals surface area contributed by atoms with Gasteiger partial charge in [0.15, 0.2) is 23.3 Å². The monoisotopic (exact) mass is 378 g/mol. The molecule has 0 aliphatic heterocycles. The van der Waals surface area contributed by atoms with Gasteiger partial charge in [0.1, 0.15) is 0 Å². The molecule has 0 radical (unpaired) electrons. The molecule has 0 atom stereocenters. The van der Waals surface area contributed by atoms with Crippen LogP contribution >= 0.6 is 11.8 Å². The number of halogens is 3. The zero-order valence-electron chi connectivity index (χ0n) is 13.5. The number of hydrogen-bond donors (Lipinski definition) is 2. The van der Waals surface area contributed by atoms with Crippen LogP contribution in [0.4, 0.5) is 18.9 Å². The molecular formula is C17H13F3N4OS. The van der Waals surface area contributed by atoms with E-state index in [-0.39, 0.29) is 5.75 Å². The van der Waals surface area contributed by atoms with Crippen molar-refractivity contribution in [3.63, 3.8) is 0 Å². The summed E-state index contributed by atoms with van der Waals surface area (Å²) in [6.45, 7) is 1.97. The molecule has 3 aromatic rings. The van der Waals surface area contributed by atoms with Crippen LogP contribution in [-0.4, -0.2) is 26.8 Å². The number of amides is 1. The number of hydrogen-bond acceptors (Lipinski definition) is 4. The number of benzene rings is 2. The number of nitrogens with one attached hydrogen (secondary N) is 2. The molecule has 1 aromatic heterocycles. The van der Waals surface area contributed by atoms with Crippen molar-refractivity contribution in [2.75, 3.05) is 11.1 Å². The minimum absolute atomic E-state index is 0.121. The highest BCUT2D eigenvalue weighted by Gasteiger charge is 2.16. The minimum atomic E-state index is -1.63. The Morgan fingerprint density at radius 3 is 2.58 bits per heavy atom. The topological polar surface area (TPSA) is 70.7 Å². The van der Waals surface area contributed by atoms with Crippen LogP contribution in [0.3, 0.4) is 0 Å². The van der Waals surface area contributed by atoms with E-state index in [1.807, 2.05) is 31.2 Å². The molecule has 1 heterocycles. The van der Waals surface area contributed by atoms with Crippen molar-refractivity contribution in [1.82, 2.24) is 15.2 Å². The van der Waals surface area contributed by atoms with E-state index in [0.29, 0.717) is 11.0 Å². The quantitative estimate of drug-likeness (QED) is 0.521. The summed E-state index contributed by atoms with van der Waals surface area (Å²) >= 11 is 1.02. The van der Waals surface area contributed by atoms with E-state index < -0.39 is 29.0 Å². The second-order valence-corrected chi connectivity index (χ2v) is 6.33. The Morgan fingerprint density at radius 1 is 1.12 bits per heavy atom. The summed E-state index contributed by atoms with van der Waals surface area (Å²) in [6, 6.07) is 9.36. The highest BCUT2D eigenvalue weighted by molar-refractivity contribution is 7.99. The van der Waals surface area contributed by atoms with Crippen molar-refractivity contribution in [1.29, 1.82) is 0 Å². The van der Waals surface area contributed by atoms with Crippen LogP contribution < -0.4 is 5.32 Å². The summed E-state index contributed by atoms with van der Waals surface area (Å²) < 4.78 is 39.6. The van der Waals surface area contributed by atoms with Crippen molar-refractivity contribution in [2.45, 2.75) is 12.1 Å². The molecule has 2 N–H and O–H groups in total. The van der Waals surface area contributed by atoms with Gasteiger partial charge in [-0.2, -0.15) is 0 Å². The van der Waals surface area contributed by atoms with E-state index >= 15 is 0 Å². The zero-order valence-corrected chi connectivity index (χ0v) is 14.3. The normalized spacial score (nSPS) is 10.8. The number of aromatic nitrogens is 3. The second kappa shape index (κ2) is 7.61. The summed E-state index contributed by atoms with van der Waals surface area (Å²) in [7, 11) is 0. The van der Waals surface area contributed by atoms with Crippen molar-refractivity contribution in [2.24, 2.45) is 0 Å². The van der Waals surface area contributed by atoms with Gasteiger partial charge in [0, 0.05) is 5.56 Å². The SMILES string of the molecule is Cc1ccc(-c2nc(SCC(=O)Nc3ccc(F)c(F)c3F)n[nH]2)cc1. The van der Waals surface area contributed by atoms with E-state index in [9.17, 15) is 18.0 Å². The fourth-order valence-corrected chi connectivity index (χ4v) is 2.69. The summed E-state index contributed by atoms with van der Waals surface area (Å²) in [5.41, 5.74) is 1.54. The Balaban J connectivity index is 1.60. The molecule has 0 saturated heterocycles. The Bertz CT molecular complexity index is 944. The standard InChI is InChI=1S/C17H13F3N4OS/c1-9-2-4-10(5-3-9)16-22-17(24-23-16)26-8-13(25)21-12-7-6-11(18)14(19)15(12)20/h2-7H,8H2,1H3,(H,21,25)(H,22,23,24). The number of thioether (sulfide) groups is 1. The molecule has 1 amide bonds. The number of anilines is 1. The van der Waals surface area contributed by atoms with E-state index in [0.717, 1.165) is 35.0 Å². The van der Waals surface area contributed by atoms with Gasteiger partial charge in [-0.15, -0.1) is 5.10 Å². The smallest absolute Gasteiger partial charge is 0.234 e. The average Bonchev–Trinajstić information content (AvgIpc) is 3.10. The van der Waals surface area contributed by atoms with Gasteiger partial charge in [-0.1, -0.05) is 41.6 Å². The lowest BCUT2D eigenvalue weighted by Gasteiger charge is -2.06. The zero-order chi connectivity index (χ0) is 18.7. The van der Waals surface area contributed by atoms with Crippen molar-refractivity contribution in [3.05, 3.63) is 59.4 Å². The van der Waals surface area contributed by atoms with Gasteiger partial charge in [-0.3, -0.25) is 9.89 Å². The molecule has 5 nitrogen and oxygen atoms in total. The highest BCUT2D eigenvalue weighted by Crippen LogP contribution is 2.22. The summed E-state index contributed by atoms with van der Waals surface area (Å²) in [6.07, 6.45) is 0. The van der Waals surface area contributed by atoms with Gasteiger partial charge < -0.3 is 5.32 Å². The first-order valence-electron chi connectivity index (χ1n) is 7.49. The second-order valence-electron chi connectivity index (χ2n) is 5.39. The van der Waals surface area contributed by atoms with Gasteiger partial charge in [0.25, 0.3) is 0 Å². The molecule has 0 aliphatic rings. The third kappa shape index (κ3) is 4.05. The molecular weight excluding hydrogens is 365 g/mol. The molecule has 0 fully saturated rings. The first kappa shape index (κ1) is 18.0. The molecule has 0 spiro atoms. The molecule has 0 aliphatic carbocycles. The number of nitrogens with zero attached hydrogens (tertiary/aromatic N) is 2. The molecule has 0 bridgehead atoms. The predicted molar refractivity (Wildman–Crippen MR) is 92.2 cm³/mol. The Labute approximate surface area is 151 Å². The van der Waals surface area contributed by atoms with Crippen LogP contribution in [0, 0.1) is 24.4 Å². The van der Waals surface area contributed by atoms with Crippen LogP contribution in [0.25, 0.3) is 11.4 Å². The predicted octanol–water partition coefficient (Wildman–Crippen LogP) is 3.93. The van der Waals surface area contributed by atoms with Gasteiger partial charge in [-0.25, -0.2) is 18.2 Å². The third-order valence-corrected chi connectivity index (χ3v) is 4.28. The number of aryl methyl sites for hydroxylation is 1. The summed E-state index contributed by atoms with van der Waals surface area (Å²) in [4.78, 5) is 16.1. The number of rotatable bonds is 5. The summed E-state index contributed by atoms with van der Waals surface area (Å²) in [5, 5.41) is 9.29. The molecule has 134 valence electrons. The number of aromatic amines is 1. The van der Waals surface area contributed by atoms with Crippen molar-refractivity contribution in [3.8, 4) is 11.4 Å². The maximum absolute atomic E-state index is 13.5. The molecule has 3 rings (SSSR count). The maximum atomic E-state index is 13.5. The fraction of sp³-hybridized carbons (Fsp3) is 0.118. The van der Waals surface area contributed by atoms with Gasteiger partial charge in [-0.05, 0) is 19.1 Å². The lowest BCUT2D eigenvalue weighted by Crippen LogP contribution is -2.16. The van der Waals surface area contributed by atoms with Crippen LogP contribution in [-0.2, 0) is 4.79 Å². The molecule has 26 heavy (non-hydrogen) atoms. The molecule has 0 unspecified atom stereocenters. The Hall–Kier alpha value is -2.81. The minimum Gasteiger partial charge on any atom is -0.323 e. The van der Waals surface area contributed by atoms with Gasteiger partial charge in [0.2, 0.25) is 11.1 Å².